The summed E-state index contributed by atoms with van der Waals surface area (Å²) in [5.41, 5.74) is 0.784. The summed E-state index contributed by atoms with van der Waals surface area (Å²) in [5.74, 6) is -1.30. The molecule has 0 fully saturated rings. The largest absolute Gasteiger partial charge is 0.478 e. The Bertz CT molecular complexity index is 698. The first kappa shape index (κ1) is 14.0. The minimum Gasteiger partial charge on any atom is -0.478 e. The van der Waals surface area contributed by atoms with Crippen molar-refractivity contribution < 1.29 is 14.3 Å². The lowest BCUT2D eigenvalue weighted by molar-refractivity contribution is 0.0692. The minimum absolute atomic E-state index is 0.0781. The van der Waals surface area contributed by atoms with Crippen LogP contribution in [0.15, 0.2) is 41.6 Å². The summed E-state index contributed by atoms with van der Waals surface area (Å²) in [6, 6.07) is 8.99. The van der Waals surface area contributed by atoms with Crippen LogP contribution in [0.1, 0.15) is 21.5 Å². The number of pyridine rings is 1. The van der Waals surface area contributed by atoms with Crippen molar-refractivity contribution in [2.45, 2.75) is 10.8 Å². The predicted molar refractivity (Wildman–Crippen MR) is 71.9 cm³/mol. The topological polar surface area (TPSA) is 74.0 Å². The van der Waals surface area contributed by atoms with Gasteiger partial charge in [-0.2, -0.15) is 5.26 Å². The molecule has 0 amide bonds. The molecule has 0 bridgehead atoms. The van der Waals surface area contributed by atoms with Gasteiger partial charge in [-0.15, -0.1) is 11.8 Å². The standard InChI is InChI=1S/C14H9FN2O2S/c15-12-4-3-9(7-16)6-10(12)8-20-13-11(14(18)19)2-1-5-17-13/h1-6H,8H2,(H,18,19). The van der Waals surface area contributed by atoms with Crippen LogP contribution in [-0.2, 0) is 5.75 Å². The summed E-state index contributed by atoms with van der Waals surface area (Å²) < 4.78 is 13.6. The maximum Gasteiger partial charge on any atom is 0.338 e. The van der Waals surface area contributed by atoms with Crippen LogP contribution in [0.25, 0.3) is 0 Å². The van der Waals surface area contributed by atoms with E-state index >= 15 is 0 Å². The molecule has 1 N–H and O–H groups in total. The van der Waals surface area contributed by atoms with Gasteiger partial charge in [-0.25, -0.2) is 14.2 Å². The van der Waals surface area contributed by atoms with Gasteiger partial charge in [-0.1, -0.05) is 0 Å². The second-order valence-corrected chi connectivity index (χ2v) is 4.83. The molecule has 0 aliphatic rings. The average Bonchev–Trinajstić information content (AvgIpc) is 2.46. The highest BCUT2D eigenvalue weighted by Gasteiger charge is 2.12. The van der Waals surface area contributed by atoms with E-state index in [1.807, 2.05) is 6.07 Å². The van der Waals surface area contributed by atoms with E-state index in [1.165, 1.54) is 36.5 Å². The fraction of sp³-hybridized carbons (Fsp3) is 0.0714. The Morgan fingerprint density at radius 2 is 2.25 bits per heavy atom. The molecule has 1 aromatic carbocycles. The molecule has 4 nitrogen and oxygen atoms in total. The zero-order valence-electron chi connectivity index (χ0n) is 10.2. The number of aromatic carboxylic acids is 1. The van der Waals surface area contributed by atoms with E-state index < -0.39 is 11.8 Å². The Balaban J connectivity index is 2.21. The summed E-state index contributed by atoms with van der Waals surface area (Å²) in [6.07, 6.45) is 1.48. The quantitative estimate of drug-likeness (QED) is 0.875. The van der Waals surface area contributed by atoms with Crippen LogP contribution in [0, 0.1) is 17.1 Å². The number of hydrogen-bond acceptors (Lipinski definition) is 4. The van der Waals surface area contributed by atoms with E-state index in [4.69, 9.17) is 10.4 Å². The van der Waals surface area contributed by atoms with Crippen molar-refractivity contribution in [3.8, 4) is 6.07 Å². The van der Waals surface area contributed by atoms with Crippen molar-refractivity contribution in [2.24, 2.45) is 0 Å². The molecule has 0 atom stereocenters. The number of rotatable bonds is 4. The van der Waals surface area contributed by atoms with Crippen LogP contribution in [0.3, 0.4) is 0 Å². The second-order valence-electron chi connectivity index (χ2n) is 3.87. The highest BCUT2D eigenvalue weighted by atomic mass is 32.2. The number of nitriles is 1. The van der Waals surface area contributed by atoms with Crippen LogP contribution >= 0.6 is 11.8 Å². The first-order valence-corrected chi connectivity index (χ1v) is 6.60. The Kier molecular flexibility index (Phi) is 4.33. The molecular weight excluding hydrogens is 279 g/mol. The Hall–Kier alpha value is -2.39. The van der Waals surface area contributed by atoms with Crippen molar-refractivity contribution in [3.63, 3.8) is 0 Å². The molecule has 0 aliphatic carbocycles. The Morgan fingerprint density at radius 1 is 1.45 bits per heavy atom. The van der Waals surface area contributed by atoms with Gasteiger partial charge in [0.25, 0.3) is 0 Å². The second kappa shape index (κ2) is 6.17. The van der Waals surface area contributed by atoms with Gasteiger partial charge >= 0.3 is 5.97 Å². The average molecular weight is 288 g/mol. The molecule has 0 saturated heterocycles. The molecule has 20 heavy (non-hydrogen) atoms. The highest BCUT2D eigenvalue weighted by Crippen LogP contribution is 2.25. The summed E-state index contributed by atoms with van der Waals surface area (Å²) >= 11 is 1.12. The smallest absolute Gasteiger partial charge is 0.338 e. The molecule has 0 radical (unpaired) electrons. The molecule has 0 aliphatic heterocycles. The predicted octanol–water partition coefficient (Wildman–Crippen LogP) is 3.08. The van der Waals surface area contributed by atoms with E-state index in [9.17, 15) is 9.18 Å². The normalized spacial score (nSPS) is 10.0. The maximum absolute atomic E-state index is 13.6. The number of hydrogen-bond donors (Lipinski definition) is 1. The molecule has 1 heterocycles. The van der Waals surface area contributed by atoms with Crippen LogP contribution in [-0.4, -0.2) is 16.1 Å². The van der Waals surface area contributed by atoms with Gasteiger partial charge in [0.1, 0.15) is 10.8 Å². The van der Waals surface area contributed by atoms with Crippen molar-refractivity contribution in [3.05, 3.63) is 59.0 Å². The van der Waals surface area contributed by atoms with Gasteiger partial charge in [-0.05, 0) is 35.9 Å². The van der Waals surface area contributed by atoms with Gasteiger partial charge < -0.3 is 5.11 Å². The number of halogens is 1. The molecule has 6 heteroatoms. The Labute approximate surface area is 118 Å². The minimum atomic E-state index is -1.08. The SMILES string of the molecule is N#Cc1ccc(F)c(CSc2ncccc2C(=O)O)c1. The van der Waals surface area contributed by atoms with E-state index in [-0.39, 0.29) is 11.3 Å². The number of benzene rings is 1. The van der Waals surface area contributed by atoms with E-state index in [1.54, 1.807) is 0 Å². The lowest BCUT2D eigenvalue weighted by Gasteiger charge is -2.05. The third kappa shape index (κ3) is 3.13. The number of carbonyl (C=O) groups is 1. The van der Waals surface area contributed by atoms with Crippen LogP contribution in [0.5, 0.6) is 0 Å². The molecule has 2 rings (SSSR count). The number of thioether (sulfide) groups is 1. The lowest BCUT2D eigenvalue weighted by atomic mass is 10.1. The van der Waals surface area contributed by atoms with Gasteiger partial charge in [0.05, 0.1) is 17.2 Å². The Morgan fingerprint density at radius 3 is 2.95 bits per heavy atom. The van der Waals surface area contributed by atoms with Crippen molar-refractivity contribution >= 4 is 17.7 Å². The molecule has 1 aromatic heterocycles. The van der Waals surface area contributed by atoms with Crippen LogP contribution < -0.4 is 0 Å². The summed E-state index contributed by atoms with van der Waals surface area (Å²) in [5, 5.41) is 18.1. The zero-order chi connectivity index (χ0) is 14.5. The maximum atomic E-state index is 13.6. The molecular formula is C14H9FN2O2S. The molecule has 100 valence electrons. The molecule has 0 unspecified atom stereocenters. The van der Waals surface area contributed by atoms with E-state index in [0.717, 1.165) is 11.8 Å². The fourth-order valence-electron chi connectivity index (χ4n) is 1.57. The first-order valence-electron chi connectivity index (χ1n) is 5.61. The van der Waals surface area contributed by atoms with Gasteiger partial charge in [0, 0.05) is 11.9 Å². The van der Waals surface area contributed by atoms with Gasteiger partial charge in [-0.3, -0.25) is 0 Å². The number of nitrogens with zero attached hydrogens (tertiary/aromatic N) is 2. The number of aromatic nitrogens is 1. The monoisotopic (exact) mass is 288 g/mol. The third-order valence-corrected chi connectivity index (χ3v) is 3.59. The van der Waals surface area contributed by atoms with Crippen LogP contribution in [0.2, 0.25) is 0 Å². The van der Waals surface area contributed by atoms with Crippen molar-refractivity contribution in [1.29, 1.82) is 5.26 Å². The summed E-state index contributed by atoms with van der Waals surface area (Å²) in [4.78, 5) is 15.0. The molecule has 0 spiro atoms. The van der Waals surface area contributed by atoms with E-state index in [0.29, 0.717) is 16.2 Å². The summed E-state index contributed by atoms with van der Waals surface area (Å²) in [6.45, 7) is 0. The van der Waals surface area contributed by atoms with Crippen LogP contribution in [0.4, 0.5) is 4.39 Å². The van der Waals surface area contributed by atoms with Crippen molar-refractivity contribution in [2.75, 3.05) is 0 Å². The zero-order valence-corrected chi connectivity index (χ0v) is 11.0. The van der Waals surface area contributed by atoms with Gasteiger partial charge in [0.2, 0.25) is 0 Å². The summed E-state index contributed by atoms with van der Waals surface area (Å²) in [7, 11) is 0. The highest BCUT2D eigenvalue weighted by molar-refractivity contribution is 7.98. The number of carboxylic acid groups (broad SMARTS) is 1. The first-order chi connectivity index (χ1) is 9.61. The van der Waals surface area contributed by atoms with E-state index in [2.05, 4.69) is 4.98 Å². The third-order valence-electron chi connectivity index (χ3n) is 2.54. The van der Waals surface area contributed by atoms with Crippen molar-refractivity contribution in [1.82, 2.24) is 4.98 Å². The fourth-order valence-corrected chi connectivity index (χ4v) is 2.53. The molecule has 0 saturated carbocycles. The molecule has 2 aromatic rings. The van der Waals surface area contributed by atoms with Gasteiger partial charge in [0.15, 0.2) is 0 Å². The lowest BCUT2D eigenvalue weighted by Crippen LogP contribution is -2.00. The number of carboxylic acids is 1.